The van der Waals surface area contributed by atoms with Crippen LogP contribution in [0, 0.1) is 5.92 Å². The Bertz CT molecular complexity index is 459. The van der Waals surface area contributed by atoms with Gasteiger partial charge in [-0.25, -0.2) is 8.42 Å². The molecule has 0 saturated heterocycles. The van der Waals surface area contributed by atoms with Gasteiger partial charge in [0.05, 0.1) is 11.5 Å². The molecule has 2 unspecified atom stereocenters. The van der Waals surface area contributed by atoms with Crippen LogP contribution in [0.5, 0.6) is 0 Å². The average molecular weight is 291 g/mol. The van der Waals surface area contributed by atoms with Crippen LogP contribution >= 0.6 is 0 Å². The number of nitrogens with one attached hydrogen (secondary N) is 1. The fourth-order valence-corrected chi connectivity index (χ4v) is 3.21. The summed E-state index contributed by atoms with van der Waals surface area (Å²) in [4.78, 5) is 23.0. The normalized spacial score (nSPS) is 27.8. The molecule has 0 bridgehead atoms. The molecule has 0 aromatic carbocycles. The molecule has 110 valence electrons. The largest absolute Gasteiger partial charge is 0.481 e. The number of carboxylic acids is 1. The summed E-state index contributed by atoms with van der Waals surface area (Å²) in [6.07, 6.45) is 2.71. The Balaban J connectivity index is 2.77. The first-order valence-corrected chi connectivity index (χ1v) is 8.26. The maximum absolute atomic E-state index is 11.8. The van der Waals surface area contributed by atoms with Crippen LogP contribution in [0.2, 0.25) is 0 Å². The summed E-state index contributed by atoms with van der Waals surface area (Å²) in [6.45, 7) is 3.16. The molecular weight excluding hydrogens is 270 g/mol. The number of aliphatic carboxylic acids is 1. The molecule has 1 saturated carbocycles. The molecule has 0 aromatic rings. The summed E-state index contributed by atoms with van der Waals surface area (Å²) in [5.41, 5.74) is -0.857. The van der Waals surface area contributed by atoms with Crippen molar-refractivity contribution in [1.29, 1.82) is 0 Å². The first-order chi connectivity index (χ1) is 8.70. The van der Waals surface area contributed by atoms with E-state index in [-0.39, 0.29) is 5.75 Å². The number of sulfone groups is 1. The number of carbonyl (C=O) groups is 2. The van der Waals surface area contributed by atoms with Crippen molar-refractivity contribution in [2.45, 2.75) is 45.1 Å². The van der Waals surface area contributed by atoms with E-state index in [1.807, 2.05) is 0 Å². The van der Waals surface area contributed by atoms with Crippen molar-refractivity contribution >= 4 is 21.7 Å². The van der Waals surface area contributed by atoms with E-state index in [1.54, 1.807) is 6.92 Å². The lowest BCUT2D eigenvalue weighted by molar-refractivity contribution is -0.146. The zero-order valence-corrected chi connectivity index (χ0v) is 12.1. The van der Waals surface area contributed by atoms with Gasteiger partial charge in [-0.05, 0) is 19.8 Å². The summed E-state index contributed by atoms with van der Waals surface area (Å²) >= 11 is 0. The van der Waals surface area contributed by atoms with Crippen LogP contribution in [0.1, 0.15) is 39.5 Å². The standard InChI is InChI=1S/C12H21NO5S/c1-3-19(17,18)8-10(14)13-12(2)7-5-4-6-9(12)11(15)16/h9H,3-8H2,1-2H3,(H,13,14)(H,15,16). The number of carbonyl (C=O) groups excluding carboxylic acids is 1. The topological polar surface area (TPSA) is 101 Å². The molecule has 1 aliphatic rings. The van der Waals surface area contributed by atoms with Crippen molar-refractivity contribution in [1.82, 2.24) is 5.32 Å². The molecule has 0 heterocycles. The van der Waals surface area contributed by atoms with Gasteiger partial charge < -0.3 is 10.4 Å². The van der Waals surface area contributed by atoms with Crippen LogP contribution in [0.3, 0.4) is 0 Å². The number of amides is 1. The Hall–Kier alpha value is -1.11. The molecule has 0 aliphatic heterocycles. The monoisotopic (exact) mass is 291 g/mol. The highest BCUT2D eigenvalue weighted by atomic mass is 32.2. The highest BCUT2D eigenvalue weighted by Crippen LogP contribution is 2.33. The predicted octanol–water partition coefficient (Wildman–Crippen LogP) is 0.571. The molecule has 2 atom stereocenters. The molecule has 1 fully saturated rings. The highest BCUT2D eigenvalue weighted by molar-refractivity contribution is 7.92. The van der Waals surface area contributed by atoms with Gasteiger partial charge in [0, 0.05) is 5.75 Å². The van der Waals surface area contributed by atoms with Crippen LogP contribution in [0.15, 0.2) is 0 Å². The van der Waals surface area contributed by atoms with Crippen molar-refractivity contribution in [3.8, 4) is 0 Å². The van der Waals surface area contributed by atoms with Crippen molar-refractivity contribution in [3.63, 3.8) is 0 Å². The third-order valence-electron chi connectivity index (χ3n) is 3.72. The summed E-state index contributed by atoms with van der Waals surface area (Å²) in [5.74, 6) is -2.89. The molecule has 6 nitrogen and oxygen atoms in total. The fourth-order valence-electron chi connectivity index (χ4n) is 2.54. The van der Waals surface area contributed by atoms with Gasteiger partial charge in [-0.15, -0.1) is 0 Å². The SMILES string of the molecule is CCS(=O)(=O)CC(=O)NC1(C)CCCCC1C(=O)O. The first-order valence-electron chi connectivity index (χ1n) is 6.44. The molecule has 2 N–H and O–H groups in total. The molecule has 0 aromatic heterocycles. The molecule has 1 amide bonds. The van der Waals surface area contributed by atoms with Crippen LogP contribution in [0.4, 0.5) is 0 Å². The number of hydrogen-bond donors (Lipinski definition) is 2. The minimum absolute atomic E-state index is 0.0977. The summed E-state index contributed by atoms with van der Waals surface area (Å²) < 4.78 is 22.8. The van der Waals surface area contributed by atoms with Crippen LogP contribution in [0.25, 0.3) is 0 Å². The van der Waals surface area contributed by atoms with Gasteiger partial charge in [0.25, 0.3) is 0 Å². The molecule has 0 radical (unpaired) electrons. The maximum Gasteiger partial charge on any atom is 0.308 e. The minimum Gasteiger partial charge on any atom is -0.481 e. The zero-order valence-electron chi connectivity index (χ0n) is 11.3. The molecule has 19 heavy (non-hydrogen) atoms. The van der Waals surface area contributed by atoms with Gasteiger partial charge in [-0.3, -0.25) is 9.59 Å². The van der Waals surface area contributed by atoms with E-state index >= 15 is 0 Å². The maximum atomic E-state index is 11.8. The van der Waals surface area contributed by atoms with E-state index in [9.17, 15) is 23.1 Å². The average Bonchev–Trinajstić information content (AvgIpc) is 2.27. The molecule has 1 rings (SSSR count). The zero-order chi connectivity index (χ0) is 14.7. The quantitative estimate of drug-likeness (QED) is 0.771. The van der Waals surface area contributed by atoms with Crippen LogP contribution in [-0.2, 0) is 19.4 Å². The Kier molecular flexibility index (Phi) is 4.95. The van der Waals surface area contributed by atoms with E-state index in [4.69, 9.17) is 0 Å². The van der Waals surface area contributed by atoms with Gasteiger partial charge in [0.15, 0.2) is 9.84 Å². The molecular formula is C12H21NO5S. The number of rotatable bonds is 5. The summed E-state index contributed by atoms with van der Waals surface area (Å²) in [6, 6.07) is 0. The minimum atomic E-state index is -3.39. The molecule has 0 spiro atoms. The van der Waals surface area contributed by atoms with Crippen LogP contribution < -0.4 is 5.32 Å². The Morgan fingerprint density at radius 2 is 2.00 bits per heavy atom. The van der Waals surface area contributed by atoms with E-state index < -0.39 is 38.9 Å². The predicted molar refractivity (Wildman–Crippen MR) is 70.5 cm³/mol. The summed E-state index contributed by atoms with van der Waals surface area (Å²) in [5, 5.41) is 11.8. The third kappa shape index (κ3) is 4.19. The van der Waals surface area contributed by atoms with Gasteiger partial charge in [-0.2, -0.15) is 0 Å². The lowest BCUT2D eigenvalue weighted by Gasteiger charge is -2.39. The van der Waals surface area contributed by atoms with Crippen molar-refractivity contribution in [3.05, 3.63) is 0 Å². The van der Waals surface area contributed by atoms with Crippen molar-refractivity contribution in [2.75, 3.05) is 11.5 Å². The Morgan fingerprint density at radius 3 is 2.53 bits per heavy atom. The van der Waals surface area contributed by atoms with Gasteiger partial charge in [0.1, 0.15) is 5.75 Å². The summed E-state index contributed by atoms with van der Waals surface area (Å²) in [7, 11) is -3.39. The van der Waals surface area contributed by atoms with Crippen molar-refractivity contribution < 1.29 is 23.1 Å². The number of hydrogen-bond acceptors (Lipinski definition) is 4. The smallest absolute Gasteiger partial charge is 0.308 e. The second kappa shape index (κ2) is 5.90. The van der Waals surface area contributed by atoms with Gasteiger partial charge in [-0.1, -0.05) is 19.8 Å². The second-order valence-electron chi connectivity index (χ2n) is 5.28. The lowest BCUT2D eigenvalue weighted by Crippen LogP contribution is -2.56. The van der Waals surface area contributed by atoms with E-state index in [0.29, 0.717) is 12.8 Å². The molecule has 1 aliphatic carbocycles. The fraction of sp³-hybridized carbons (Fsp3) is 0.833. The highest BCUT2D eigenvalue weighted by Gasteiger charge is 2.42. The third-order valence-corrected chi connectivity index (χ3v) is 5.30. The van der Waals surface area contributed by atoms with Gasteiger partial charge in [0.2, 0.25) is 5.91 Å². The van der Waals surface area contributed by atoms with E-state index in [2.05, 4.69) is 5.32 Å². The lowest BCUT2D eigenvalue weighted by atomic mass is 9.74. The number of carboxylic acid groups (broad SMARTS) is 1. The Labute approximate surface area is 113 Å². The van der Waals surface area contributed by atoms with Crippen LogP contribution in [-0.4, -0.2) is 42.4 Å². The van der Waals surface area contributed by atoms with E-state index in [1.165, 1.54) is 6.92 Å². The van der Waals surface area contributed by atoms with E-state index in [0.717, 1.165) is 12.8 Å². The molecule has 7 heteroatoms. The van der Waals surface area contributed by atoms with Crippen molar-refractivity contribution in [2.24, 2.45) is 5.92 Å². The second-order valence-corrected chi connectivity index (χ2v) is 7.63. The van der Waals surface area contributed by atoms with Gasteiger partial charge >= 0.3 is 5.97 Å². The first kappa shape index (κ1) is 15.9. The Morgan fingerprint density at radius 1 is 1.37 bits per heavy atom.